The van der Waals surface area contributed by atoms with E-state index in [-0.39, 0.29) is 22.6 Å². The number of pyridine rings is 1. The number of likely N-dealkylation sites (N-methyl/N-ethyl adjacent to an activating group) is 1. The number of hydrogen-bond acceptors (Lipinski definition) is 4. The van der Waals surface area contributed by atoms with Crippen LogP contribution in [0.1, 0.15) is 34.8 Å². The summed E-state index contributed by atoms with van der Waals surface area (Å²) in [6.07, 6.45) is 3.31. The number of aromatic nitrogens is 1. The molecule has 26 heavy (non-hydrogen) atoms. The smallest absolute Gasteiger partial charge is 0.341 e. The molecule has 6 nitrogen and oxygen atoms in total. The first kappa shape index (κ1) is 17.0. The number of aromatic carboxylic acids is 1. The normalized spacial score (nSPS) is 18.5. The fourth-order valence-electron chi connectivity index (χ4n) is 3.74. The topological polar surface area (TPSA) is 65.8 Å². The van der Waals surface area contributed by atoms with Gasteiger partial charge in [-0.2, -0.15) is 0 Å². The summed E-state index contributed by atoms with van der Waals surface area (Å²) in [5.41, 5.74) is 0.471. The largest absolute Gasteiger partial charge is 0.477 e. The molecule has 0 spiro atoms. The van der Waals surface area contributed by atoms with Crippen LogP contribution < -0.4 is 10.3 Å². The number of fused-ring (bicyclic) bond motifs is 1. The van der Waals surface area contributed by atoms with E-state index in [1.807, 2.05) is 16.5 Å². The number of carboxylic acids is 1. The Labute approximate surface area is 150 Å². The van der Waals surface area contributed by atoms with Gasteiger partial charge in [0.25, 0.3) is 0 Å². The zero-order valence-electron chi connectivity index (χ0n) is 15.0. The second kappa shape index (κ2) is 6.09. The maximum atomic E-state index is 15.1. The van der Waals surface area contributed by atoms with Crippen LogP contribution in [-0.2, 0) is 0 Å². The van der Waals surface area contributed by atoms with Crippen molar-refractivity contribution < 1.29 is 14.3 Å². The fraction of sp³-hybridized carbons (Fsp3) is 0.474. The average Bonchev–Trinajstić information content (AvgIpc) is 3.43. The van der Waals surface area contributed by atoms with Gasteiger partial charge in [0.15, 0.2) is 0 Å². The SMILES string of the molecule is Cc1c(F)c(N2CCN(C)CC2)cc2c1c(=O)c(C(=O)O)cn2C1CC1. The summed E-state index contributed by atoms with van der Waals surface area (Å²) in [6, 6.07) is 1.91. The van der Waals surface area contributed by atoms with E-state index in [2.05, 4.69) is 4.90 Å². The van der Waals surface area contributed by atoms with Crippen LogP contribution in [0, 0.1) is 12.7 Å². The van der Waals surface area contributed by atoms with Crippen molar-refractivity contribution in [3.63, 3.8) is 0 Å². The van der Waals surface area contributed by atoms with Gasteiger partial charge in [-0.05, 0) is 32.9 Å². The molecule has 7 heteroatoms. The molecule has 1 aromatic carbocycles. The lowest BCUT2D eigenvalue weighted by molar-refractivity contribution is 0.0695. The van der Waals surface area contributed by atoms with E-state index in [9.17, 15) is 14.7 Å². The summed E-state index contributed by atoms with van der Waals surface area (Å²) in [5, 5.41) is 9.56. The third kappa shape index (κ3) is 2.67. The highest BCUT2D eigenvalue weighted by Crippen LogP contribution is 2.39. The molecule has 0 atom stereocenters. The van der Waals surface area contributed by atoms with Gasteiger partial charge < -0.3 is 19.5 Å². The maximum Gasteiger partial charge on any atom is 0.341 e. The number of halogens is 1. The Morgan fingerprint density at radius 2 is 1.88 bits per heavy atom. The summed E-state index contributed by atoms with van der Waals surface area (Å²) in [4.78, 5) is 28.4. The second-order valence-corrected chi connectivity index (χ2v) is 7.33. The van der Waals surface area contributed by atoms with Crippen molar-refractivity contribution >= 4 is 22.6 Å². The second-order valence-electron chi connectivity index (χ2n) is 7.33. The summed E-state index contributed by atoms with van der Waals surface area (Å²) in [5.74, 6) is -1.70. The monoisotopic (exact) mass is 359 g/mol. The fourth-order valence-corrected chi connectivity index (χ4v) is 3.74. The number of anilines is 1. The Morgan fingerprint density at radius 3 is 2.46 bits per heavy atom. The molecule has 1 aliphatic carbocycles. The third-order valence-corrected chi connectivity index (χ3v) is 5.49. The predicted octanol–water partition coefficient (Wildman–Crippen LogP) is 2.23. The summed E-state index contributed by atoms with van der Waals surface area (Å²) < 4.78 is 17.0. The zero-order chi connectivity index (χ0) is 18.6. The van der Waals surface area contributed by atoms with Crippen LogP contribution in [0.3, 0.4) is 0 Å². The Kier molecular flexibility index (Phi) is 3.99. The van der Waals surface area contributed by atoms with E-state index in [1.165, 1.54) is 6.20 Å². The van der Waals surface area contributed by atoms with Crippen molar-refractivity contribution in [2.24, 2.45) is 0 Å². The molecule has 2 aliphatic rings. The van der Waals surface area contributed by atoms with Gasteiger partial charge in [-0.3, -0.25) is 4.79 Å². The first-order valence-electron chi connectivity index (χ1n) is 8.93. The number of piperazine rings is 1. The summed E-state index contributed by atoms with van der Waals surface area (Å²) in [6.45, 7) is 4.72. The predicted molar refractivity (Wildman–Crippen MR) is 97.8 cm³/mol. The van der Waals surface area contributed by atoms with Crippen molar-refractivity contribution in [2.45, 2.75) is 25.8 Å². The number of benzene rings is 1. The third-order valence-electron chi connectivity index (χ3n) is 5.49. The summed E-state index contributed by atoms with van der Waals surface area (Å²) in [7, 11) is 2.04. The molecule has 1 saturated heterocycles. The minimum absolute atomic E-state index is 0.182. The maximum absolute atomic E-state index is 15.1. The van der Waals surface area contributed by atoms with Crippen LogP contribution in [-0.4, -0.2) is 53.8 Å². The number of rotatable bonds is 3. The number of carbonyl (C=O) groups is 1. The lowest BCUT2D eigenvalue weighted by Crippen LogP contribution is -2.45. The molecule has 0 unspecified atom stereocenters. The van der Waals surface area contributed by atoms with Gasteiger partial charge in [-0.1, -0.05) is 0 Å². The van der Waals surface area contributed by atoms with Crippen LogP contribution in [0.2, 0.25) is 0 Å². The van der Waals surface area contributed by atoms with Crippen LogP contribution >= 0.6 is 0 Å². The van der Waals surface area contributed by atoms with E-state index in [4.69, 9.17) is 0 Å². The van der Waals surface area contributed by atoms with E-state index in [0.717, 1.165) is 39.0 Å². The van der Waals surface area contributed by atoms with E-state index >= 15 is 4.39 Å². The molecule has 0 bridgehead atoms. The number of carboxylic acid groups (broad SMARTS) is 1. The van der Waals surface area contributed by atoms with Gasteiger partial charge in [-0.25, -0.2) is 9.18 Å². The van der Waals surface area contributed by atoms with Crippen LogP contribution in [0.4, 0.5) is 10.1 Å². The highest BCUT2D eigenvalue weighted by Gasteiger charge is 2.29. The molecule has 0 radical (unpaired) electrons. The first-order chi connectivity index (χ1) is 12.4. The highest BCUT2D eigenvalue weighted by atomic mass is 19.1. The minimum atomic E-state index is -1.27. The van der Waals surface area contributed by atoms with Gasteiger partial charge in [0.1, 0.15) is 11.4 Å². The van der Waals surface area contributed by atoms with Crippen molar-refractivity contribution in [1.29, 1.82) is 0 Å². The van der Waals surface area contributed by atoms with Crippen LogP contribution in [0.15, 0.2) is 17.1 Å². The Bertz CT molecular complexity index is 957. The Hall–Kier alpha value is -2.41. The Morgan fingerprint density at radius 1 is 1.23 bits per heavy atom. The van der Waals surface area contributed by atoms with E-state index in [0.29, 0.717) is 11.2 Å². The molecule has 1 saturated carbocycles. The van der Waals surface area contributed by atoms with Crippen molar-refractivity contribution in [1.82, 2.24) is 9.47 Å². The van der Waals surface area contributed by atoms with Crippen LogP contribution in [0.25, 0.3) is 10.9 Å². The van der Waals surface area contributed by atoms with Crippen LogP contribution in [0.5, 0.6) is 0 Å². The number of nitrogens with zero attached hydrogens (tertiary/aromatic N) is 3. The van der Waals surface area contributed by atoms with E-state index < -0.39 is 17.2 Å². The molecule has 1 N–H and O–H groups in total. The molecule has 4 rings (SSSR count). The molecule has 0 amide bonds. The number of hydrogen-bond donors (Lipinski definition) is 1. The molecule has 138 valence electrons. The lowest BCUT2D eigenvalue weighted by atomic mass is 10.0. The molecule has 2 heterocycles. The van der Waals surface area contributed by atoms with Gasteiger partial charge in [0, 0.05) is 44.0 Å². The first-order valence-corrected chi connectivity index (χ1v) is 8.93. The van der Waals surface area contributed by atoms with Gasteiger partial charge in [0.05, 0.1) is 16.6 Å². The molecule has 2 fully saturated rings. The zero-order valence-corrected chi connectivity index (χ0v) is 15.0. The average molecular weight is 359 g/mol. The standard InChI is InChI=1S/C19H22FN3O3/c1-11-16-14(9-15(17(11)20)22-7-5-21(2)6-8-22)23(12-3-4-12)10-13(18(16)24)19(25)26/h9-10,12H,3-8H2,1-2H3,(H,25,26). The number of aryl methyl sites for hydroxylation is 1. The molecular weight excluding hydrogens is 337 g/mol. The van der Waals surface area contributed by atoms with E-state index in [1.54, 1.807) is 13.0 Å². The molecule has 2 aromatic rings. The Balaban J connectivity index is 1.96. The molecule has 1 aromatic heterocycles. The van der Waals surface area contributed by atoms with Gasteiger partial charge in [-0.15, -0.1) is 0 Å². The highest BCUT2D eigenvalue weighted by molar-refractivity contribution is 5.95. The quantitative estimate of drug-likeness (QED) is 0.910. The van der Waals surface area contributed by atoms with Crippen molar-refractivity contribution in [3.8, 4) is 0 Å². The lowest BCUT2D eigenvalue weighted by Gasteiger charge is -2.34. The summed E-state index contributed by atoms with van der Waals surface area (Å²) >= 11 is 0. The van der Waals surface area contributed by atoms with Crippen molar-refractivity contribution in [3.05, 3.63) is 39.4 Å². The van der Waals surface area contributed by atoms with Crippen molar-refractivity contribution in [2.75, 3.05) is 38.1 Å². The van der Waals surface area contributed by atoms with Gasteiger partial charge >= 0.3 is 5.97 Å². The van der Waals surface area contributed by atoms with Gasteiger partial charge in [0.2, 0.25) is 5.43 Å². The molecule has 1 aliphatic heterocycles. The molecular formula is C19H22FN3O3. The minimum Gasteiger partial charge on any atom is -0.477 e.